The fraction of sp³-hybridized carbons (Fsp3) is 0.529. The lowest BCUT2D eigenvalue weighted by Gasteiger charge is -2.33. The second kappa shape index (κ2) is 6.58. The van der Waals surface area contributed by atoms with Crippen LogP contribution < -0.4 is 10.6 Å². The van der Waals surface area contributed by atoms with Crippen molar-refractivity contribution in [3.63, 3.8) is 0 Å². The third-order valence-corrected chi connectivity index (χ3v) is 4.73. The summed E-state index contributed by atoms with van der Waals surface area (Å²) in [5, 5.41) is 5.81. The second-order valence-electron chi connectivity index (χ2n) is 6.21. The topological polar surface area (TPSA) is 61.4 Å². The quantitative estimate of drug-likeness (QED) is 0.633. The van der Waals surface area contributed by atoms with Gasteiger partial charge in [-0.05, 0) is 37.9 Å². The molecule has 3 rings (SSSR count). The van der Waals surface area contributed by atoms with Crippen molar-refractivity contribution in [3.8, 4) is 0 Å². The minimum atomic E-state index is -0.267. The van der Waals surface area contributed by atoms with Gasteiger partial charge in [0.1, 0.15) is 0 Å². The van der Waals surface area contributed by atoms with Crippen LogP contribution in [0.2, 0.25) is 0 Å². The molecule has 2 N–H and O–H groups in total. The van der Waals surface area contributed by atoms with Gasteiger partial charge in [-0.25, -0.2) is 0 Å². The van der Waals surface area contributed by atoms with Crippen molar-refractivity contribution in [2.75, 3.05) is 26.7 Å². The summed E-state index contributed by atoms with van der Waals surface area (Å²) in [7, 11) is 2.19. The van der Waals surface area contributed by atoms with Crippen LogP contribution in [-0.2, 0) is 6.42 Å². The van der Waals surface area contributed by atoms with Gasteiger partial charge in [-0.3, -0.25) is 14.9 Å². The van der Waals surface area contributed by atoms with Crippen LogP contribution >= 0.6 is 0 Å². The first-order chi connectivity index (χ1) is 10.7. The van der Waals surface area contributed by atoms with Crippen molar-refractivity contribution in [1.82, 2.24) is 15.5 Å². The van der Waals surface area contributed by atoms with Crippen molar-refractivity contribution in [2.24, 2.45) is 0 Å². The first-order valence-electron chi connectivity index (χ1n) is 8.05. The molecular formula is C17H23N3O2. The summed E-state index contributed by atoms with van der Waals surface area (Å²) in [5.74, 6) is -0.511. The lowest BCUT2D eigenvalue weighted by atomic mass is 9.97. The molecule has 1 fully saturated rings. The Morgan fingerprint density at radius 1 is 1.23 bits per heavy atom. The molecule has 1 unspecified atom stereocenters. The molecule has 2 heterocycles. The third kappa shape index (κ3) is 3.05. The van der Waals surface area contributed by atoms with Crippen molar-refractivity contribution < 1.29 is 9.59 Å². The maximum atomic E-state index is 11.9. The number of nitrogens with one attached hydrogen (secondary N) is 2. The van der Waals surface area contributed by atoms with Gasteiger partial charge in [0.05, 0.1) is 11.1 Å². The third-order valence-electron chi connectivity index (χ3n) is 4.73. The molecule has 0 aliphatic carbocycles. The van der Waals surface area contributed by atoms with Crippen LogP contribution in [0.15, 0.2) is 18.2 Å². The number of likely N-dealkylation sites (N-methyl/N-ethyl adjacent to an activating group) is 1. The van der Waals surface area contributed by atoms with Crippen LogP contribution in [0, 0.1) is 0 Å². The van der Waals surface area contributed by atoms with E-state index < -0.39 is 0 Å². The highest BCUT2D eigenvalue weighted by molar-refractivity contribution is 6.22. The molecule has 1 aromatic rings. The predicted octanol–water partition coefficient (Wildman–Crippen LogP) is 1.19. The molecule has 2 amide bonds. The van der Waals surface area contributed by atoms with Gasteiger partial charge in [-0.15, -0.1) is 0 Å². The number of hydrogen-bond donors (Lipinski definition) is 2. The van der Waals surface area contributed by atoms with E-state index in [9.17, 15) is 9.59 Å². The van der Waals surface area contributed by atoms with E-state index in [0.29, 0.717) is 17.2 Å². The van der Waals surface area contributed by atoms with Gasteiger partial charge in [0, 0.05) is 25.7 Å². The molecule has 1 saturated heterocycles. The number of nitrogens with zero attached hydrogens (tertiary/aromatic N) is 1. The number of carbonyl (C=O) groups excluding carboxylic acids is 2. The highest BCUT2D eigenvalue weighted by Gasteiger charge is 2.28. The van der Waals surface area contributed by atoms with Gasteiger partial charge in [0.25, 0.3) is 11.8 Å². The molecule has 22 heavy (non-hydrogen) atoms. The Morgan fingerprint density at radius 3 is 2.91 bits per heavy atom. The molecule has 2 aliphatic heterocycles. The van der Waals surface area contributed by atoms with Crippen molar-refractivity contribution in [3.05, 3.63) is 34.9 Å². The van der Waals surface area contributed by atoms with Gasteiger partial charge >= 0.3 is 0 Å². The molecule has 5 nitrogen and oxygen atoms in total. The molecule has 1 aromatic carbocycles. The lowest BCUT2D eigenvalue weighted by Crippen LogP contribution is -2.49. The van der Waals surface area contributed by atoms with Gasteiger partial charge in [0.2, 0.25) is 0 Å². The number of hydrogen-bond acceptors (Lipinski definition) is 4. The number of rotatable bonds is 5. The summed E-state index contributed by atoms with van der Waals surface area (Å²) in [6.45, 7) is 3.25. The minimum absolute atomic E-state index is 0.244. The first kappa shape index (κ1) is 15.2. The molecule has 1 atom stereocenters. The van der Waals surface area contributed by atoms with E-state index in [1.165, 1.54) is 6.42 Å². The largest absolute Gasteiger partial charge is 0.314 e. The van der Waals surface area contributed by atoms with Gasteiger partial charge < -0.3 is 10.2 Å². The SMILES string of the molecule is CN1CCNCC1CCCCc1cccc2c1C(=O)NC2=O. The highest BCUT2D eigenvalue weighted by atomic mass is 16.2. The Labute approximate surface area is 131 Å². The number of benzene rings is 1. The number of imide groups is 1. The van der Waals surface area contributed by atoms with Crippen LogP contribution in [0.5, 0.6) is 0 Å². The first-order valence-corrected chi connectivity index (χ1v) is 8.05. The normalized spacial score (nSPS) is 21.8. The van der Waals surface area contributed by atoms with Crippen LogP contribution in [0.3, 0.4) is 0 Å². The molecule has 118 valence electrons. The summed E-state index contributed by atoms with van der Waals surface area (Å²) < 4.78 is 0. The number of piperazine rings is 1. The van der Waals surface area contributed by atoms with Gasteiger partial charge in [-0.2, -0.15) is 0 Å². The summed E-state index contributed by atoms with van der Waals surface area (Å²) in [6, 6.07) is 6.16. The maximum Gasteiger partial charge on any atom is 0.259 e. The van der Waals surface area contributed by atoms with E-state index in [2.05, 4.69) is 22.6 Å². The number of unbranched alkanes of at least 4 members (excludes halogenated alkanes) is 1. The number of carbonyl (C=O) groups is 2. The Kier molecular flexibility index (Phi) is 4.55. The second-order valence-corrected chi connectivity index (χ2v) is 6.21. The van der Waals surface area contributed by atoms with Crippen LogP contribution in [0.1, 0.15) is 45.5 Å². The van der Waals surface area contributed by atoms with E-state index in [1.54, 1.807) is 6.07 Å². The van der Waals surface area contributed by atoms with E-state index in [0.717, 1.165) is 44.5 Å². The molecule has 0 radical (unpaired) electrons. The van der Waals surface area contributed by atoms with E-state index in [1.807, 2.05) is 12.1 Å². The Bertz CT molecular complexity index is 585. The zero-order valence-electron chi connectivity index (χ0n) is 13.0. The summed E-state index contributed by atoms with van der Waals surface area (Å²) in [4.78, 5) is 25.9. The van der Waals surface area contributed by atoms with Gasteiger partial charge in [-0.1, -0.05) is 18.6 Å². The molecule has 5 heteroatoms. The monoisotopic (exact) mass is 301 g/mol. The van der Waals surface area contributed by atoms with Crippen molar-refractivity contribution >= 4 is 11.8 Å². The minimum Gasteiger partial charge on any atom is -0.314 e. The smallest absolute Gasteiger partial charge is 0.259 e. The standard InChI is InChI=1S/C17H23N3O2/c1-20-10-9-18-11-13(20)7-3-2-5-12-6-4-8-14-15(12)17(22)19-16(14)21/h4,6,8,13,18H,2-3,5,7,9-11H2,1H3,(H,19,21,22). The molecule has 0 bridgehead atoms. The molecular weight excluding hydrogens is 278 g/mol. The van der Waals surface area contributed by atoms with E-state index in [-0.39, 0.29) is 11.8 Å². The lowest BCUT2D eigenvalue weighted by molar-refractivity contribution is 0.0879. The van der Waals surface area contributed by atoms with E-state index >= 15 is 0 Å². The summed E-state index contributed by atoms with van der Waals surface area (Å²) >= 11 is 0. The Hall–Kier alpha value is -1.72. The number of aryl methyl sites for hydroxylation is 1. The molecule has 2 aliphatic rings. The highest BCUT2D eigenvalue weighted by Crippen LogP contribution is 2.22. The molecule has 0 aromatic heterocycles. The Balaban J connectivity index is 1.55. The fourth-order valence-electron chi connectivity index (χ4n) is 3.38. The summed E-state index contributed by atoms with van der Waals surface area (Å²) in [6.07, 6.45) is 4.20. The fourth-order valence-corrected chi connectivity index (χ4v) is 3.38. The van der Waals surface area contributed by atoms with E-state index in [4.69, 9.17) is 0 Å². The Morgan fingerprint density at radius 2 is 2.09 bits per heavy atom. The zero-order chi connectivity index (χ0) is 15.5. The number of amides is 2. The van der Waals surface area contributed by atoms with Gasteiger partial charge in [0.15, 0.2) is 0 Å². The maximum absolute atomic E-state index is 11.9. The predicted molar refractivity (Wildman–Crippen MR) is 85.1 cm³/mol. The molecule has 0 saturated carbocycles. The molecule has 0 spiro atoms. The van der Waals surface area contributed by atoms with Crippen molar-refractivity contribution in [1.29, 1.82) is 0 Å². The van der Waals surface area contributed by atoms with Crippen LogP contribution in [0.25, 0.3) is 0 Å². The summed E-state index contributed by atoms with van der Waals surface area (Å²) in [5.41, 5.74) is 2.11. The average Bonchev–Trinajstić information content (AvgIpc) is 2.81. The zero-order valence-corrected chi connectivity index (χ0v) is 13.0. The number of fused-ring (bicyclic) bond motifs is 1. The van der Waals surface area contributed by atoms with Crippen LogP contribution in [-0.4, -0.2) is 49.4 Å². The van der Waals surface area contributed by atoms with Crippen molar-refractivity contribution in [2.45, 2.75) is 31.7 Å². The average molecular weight is 301 g/mol. The van der Waals surface area contributed by atoms with Crippen LogP contribution in [0.4, 0.5) is 0 Å².